The highest BCUT2D eigenvalue weighted by molar-refractivity contribution is 5.68. The number of carbonyl (C=O) groups is 3. The molecule has 0 bridgehead atoms. The molecule has 0 radical (unpaired) electrons. The molecule has 1 saturated heterocycles. The van der Waals surface area contributed by atoms with E-state index in [0.29, 0.717) is 25.0 Å². The first-order valence-corrected chi connectivity index (χ1v) is 14.2. The lowest BCUT2D eigenvalue weighted by atomic mass is 9.44. The van der Waals surface area contributed by atoms with Crippen LogP contribution < -0.4 is 0 Å². The Morgan fingerprint density at radius 3 is 2.30 bits per heavy atom. The minimum absolute atomic E-state index is 0.0965. The number of rotatable bonds is 11. The lowest BCUT2D eigenvalue weighted by Gasteiger charge is -2.63. The molecule has 0 N–H and O–H groups in total. The van der Waals surface area contributed by atoms with Crippen LogP contribution in [-0.2, 0) is 42.8 Å². The van der Waals surface area contributed by atoms with Crippen LogP contribution in [0.3, 0.4) is 0 Å². The molecule has 9 atom stereocenters. The van der Waals surface area contributed by atoms with Crippen molar-refractivity contribution in [2.24, 2.45) is 22.7 Å². The maximum Gasteiger partial charge on any atom is 0.305 e. The van der Waals surface area contributed by atoms with E-state index in [1.165, 1.54) is 20.8 Å². The minimum atomic E-state index is -1.19. The number of unbranched alkanes of at least 4 members (excludes halogenated alkanes) is 1. The first-order chi connectivity index (χ1) is 18.9. The van der Waals surface area contributed by atoms with Crippen LogP contribution in [0, 0.1) is 22.7 Å². The van der Waals surface area contributed by atoms with E-state index in [0.717, 1.165) is 18.4 Å². The second kappa shape index (κ2) is 13.0. The van der Waals surface area contributed by atoms with Gasteiger partial charge in [-0.05, 0) is 49.5 Å². The molecular formula is C31H46O9. The number of carbonyl (C=O) groups excluding carboxylic acids is 3. The van der Waals surface area contributed by atoms with Crippen molar-refractivity contribution in [2.45, 2.75) is 105 Å². The summed E-state index contributed by atoms with van der Waals surface area (Å²) < 4.78 is 36.4. The van der Waals surface area contributed by atoms with Crippen molar-refractivity contribution in [1.82, 2.24) is 0 Å². The van der Waals surface area contributed by atoms with Gasteiger partial charge < -0.3 is 23.7 Å². The molecular weight excluding hydrogens is 516 g/mol. The summed E-state index contributed by atoms with van der Waals surface area (Å²) in [6.07, 6.45) is 4.64. The Morgan fingerprint density at radius 2 is 1.75 bits per heavy atom. The summed E-state index contributed by atoms with van der Waals surface area (Å²) in [6.45, 7) is 16.7. The van der Waals surface area contributed by atoms with Gasteiger partial charge >= 0.3 is 17.9 Å². The number of hydrogen-bond donors (Lipinski definition) is 0. The van der Waals surface area contributed by atoms with Crippen LogP contribution in [0.5, 0.6) is 0 Å². The molecule has 9 nitrogen and oxygen atoms in total. The van der Waals surface area contributed by atoms with Crippen molar-refractivity contribution in [1.29, 1.82) is 0 Å². The lowest BCUT2D eigenvalue weighted by molar-refractivity contribution is -0.281. The first kappa shape index (κ1) is 32.0. The normalized spacial score (nSPS) is 37.0. The zero-order chi connectivity index (χ0) is 29.8. The summed E-state index contributed by atoms with van der Waals surface area (Å²) in [4.78, 5) is 37.4. The molecule has 40 heavy (non-hydrogen) atoms. The summed E-state index contributed by atoms with van der Waals surface area (Å²) in [7, 11) is 1.63. The lowest BCUT2D eigenvalue weighted by Crippen LogP contribution is -2.69. The molecule has 2 unspecified atom stereocenters. The van der Waals surface area contributed by atoms with Crippen molar-refractivity contribution >= 4 is 17.9 Å². The van der Waals surface area contributed by atoms with Gasteiger partial charge in [0.25, 0.3) is 0 Å². The van der Waals surface area contributed by atoms with Gasteiger partial charge in [-0.15, -0.1) is 0 Å². The zero-order valence-electron chi connectivity index (χ0n) is 25.2. The molecule has 1 heterocycles. The molecule has 3 aliphatic rings. The molecule has 0 aromatic carbocycles. The van der Waals surface area contributed by atoms with Gasteiger partial charge in [-0.1, -0.05) is 51.5 Å². The van der Waals surface area contributed by atoms with E-state index in [-0.39, 0.29) is 17.9 Å². The van der Waals surface area contributed by atoms with Crippen molar-refractivity contribution in [3.05, 3.63) is 36.0 Å². The second-order valence-corrected chi connectivity index (χ2v) is 11.5. The Bertz CT molecular complexity index is 1030. The van der Waals surface area contributed by atoms with Crippen LogP contribution in [0.2, 0.25) is 0 Å². The van der Waals surface area contributed by atoms with Crippen LogP contribution in [0.25, 0.3) is 0 Å². The Balaban J connectivity index is 2.37. The van der Waals surface area contributed by atoms with E-state index < -0.39 is 53.5 Å². The third-order valence-corrected chi connectivity index (χ3v) is 9.04. The van der Waals surface area contributed by atoms with Gasteiger partial charge in [0.2, 0.25) is 12.6 Å². The third-order valence-electron chi connectivity index (χ3n) is 9.04. The minimum Gasteiger partial charge on any atom is -0.459 e. The van der Waals surface area contributed by atoms with E-state index in [1.54, 1.807) is 7.11 Å². The quantitative estimate of drug-likeness (QED) is 0.113. The van der Waals surface area contributed by atoms with Gasteiger partial charge in [0.15, 0.2) is 0 Å². The Labute approximate surface area is 238 Å². The molecule has 1 saturated carbocycles. The molecule has 2 fully saturated rings. The van der Waals surface area contributed by atoms with E-state index in [9.17, 15) is 14.4 Å². The summed E-state index contributed by atoms with van der Waals surface area (Å²) in [5, 5.41) is 0. The molecule has 1 aliphatic heterocycles. The van der Waals surface area contributed by atoms with Gasteiger partial charge in [-0.2, -0.15) is 0 Å². The van der Waals surface area contributed by atoms with Gasteiger partial charge in [0.1, 0.15) is 11.5 Å². The van der Waals surface area contributed by atoms with E-state index >= 15 is 0 Å². The third kappa shape index (κ3) is 5.92. The maximum absolute atomic E-state index is 12.7. The molecule has 224 valence electrons. The highest BCUT2D eigenvalue weighted by atomic mass is 16.8. The number of allylic oxidation sites excluding steroid dienone is 3. The van der Waals surface area contributed by atoms with E-state index in [4.69, 9.17) is 28.4 Å². The monoisotopic (exact) mass is 562 g/mol. The van der Waals surface area contributed by atoms with Gasteiger partial charge in [-0.3, -0.25) is 19.1 Å². The van der Waals surface area contributed by atoms with E-state index in [2.05, 4.69) is 33.4 Å². The molecule has 0 aromatic heterocycles. The highest BCUT2D eigenvalue weighted by Crippen LogP contribution is 2.68. The molecule has 1 spiro atoms. The molecule has 2 aliphatic carbocycles. The average molecular weight is 563 g/mol. The van der Waals surface area contributed by atoms with E-state index in [1.807, 2.05) is 19.1 Å². The standard InChI is InChI=1S/C31H46O9/c1-10-12-15-36-26-19(4)30(8,14-13-18(3)11-2)25-17-23(35-9)16-24-28(38-21(6)33)40-29(39-22(7)34)31(24,25)27(26)37-20(5)32/h11,13,16,19,23,25-29H,2,10,12,14-15,17H2,1,3-9H3/b18-13-/t19-,23+,25+,26-,27?,28+,29+,30-,31?/m1/s1. The van der Waals surface area contributed by atoms with Crippen molar-refractivity contribution in [2.75, 3.05) is 13.7 Å². The zero-order valence-corrected chi connectivity index (χ0v) is 25.2. The molecule has 0 aromatic rings. The van der Waals surface area contributed by atoms with Gasteiger partial charge in [-0.25, -0.2) is 0 Å². The van der Waals surface area contributed by atoms with Gasteiger partial charge in [0, 0.05) is 40.1 Å². The first-order valence-electron chi connectivity index (χ1n) is 14.2. The fraction of sp³-hybridized carbons (Fsp3) is 0.710. The summed E-state index contributed by atoms with van der Waals surface area (Å²) >= 11 is 0. The predicted octanol–water partition coefficient (Wildman–Crippen LogP) is 5.04. The fourth-order valence-corrected chi connectivity index (χ4v) is 6.87. The maximum atomic E-state index is 12.7. The van der Waals surface area contributed by atoms with Crippen LogP contribution in [0.15, 0.2) is 36.0 Å². The summed E-state index contributed by atoms with van der Waals surface area (Å²) in [5.74, 6) is -2.00. The Hall–Kier alpha value is -2.49. The average Bonchev–Trinajstić information content (AvgIpc) is 3.18. The Kier molecular flexibility index (Phi) is 10.4. The fourth-order valence-electron chi connectivity index (χ4n) is 6.87. The number of ether oxygens (including phenoxy) is 6. The predicted molar refractivity (Wildman–Crippen MR) is 148 cm³/mol. The van der Waals surface area contributed by atoms with Crippen molar-refractivity contribution in [3.63, 3.8) is 0 Å². The van der Waals surface area contributed by atoms with Crippen LogP contribution >= 0.6 is 0 Å². The molecule has 0 amide bonds. The number of methoxy groups -OCH3 is 1. The largest absolute Gasteiger partial charge is 0.459 e. The van der Waals surface area contributed by atoms with Crippen LogP contribution in [0.4, 0.5) is 0 Å². The summed E-state index contributed by atoms with van der Waals surface area (Å²) in [6, 6.07) is 0. The van der Waals surface area contributed by atoms with Gasteiger partial charge in [0.05, 0.1) is 12.2 Å². The molecule has 9 heteroatoms. The second-order valence-electron chi connectivity index (χ2n) is 11.5. The Morgan fingerprint density at radius 1 is 1.10 bits per heavy atom. The van der Waals surface area contributed by atoms with Crippen LogP contribution in [0.1, 0.15) is 74.1 Å². The molecule has 3 rings (SSSR count). The smallest absolute Gasteiger partial charge is 0.305 e. The van der Waals surface area contributed by atoms with Crippen molar-refractivity contribution < 1.29 is 42.8 Å². The topological polar surface area (TPSA) is 107 Å². The van der Waals surface area contributed by atoms with Crippen molar-refractivity contribution in [3.8, 4) is 0 Å². The number of hydrogen-bond acceptors (Lipinski definition) is 9. The van der Waals surface area contributed by atoms with Crippen LogP contribution in [-0.4, -0.2) is 62.5 Å². The highest BCUT2D eigenvalue weighted by Gasteiger charge is 2.75. The SMILES string of the molecule is C=C/C(C)=C\C[C@]1(C)[C@H](C)[C@@H](OCCCC)C(OC(C)=O)C23C(=C[C@H](OC)C[C@H]21)[C@@H](OC(C)=O)O[C@@H]3OC(C)=O. The summed E-state index contributed by atoms with van der Waals surface area (Å²) in [5.41, 5.74) is -0.0727. The number of esters is 3.